The second-order valence-electron chi connectivity index (χ2n) is 5.94. The minimum absolute atomic E-state index is 0.0409. The largest absolute Gasteiger partial charge is 0.497 e. The van der Waals surface area contributed by atoms with E-state index in [0.717, 1.165) is 0 Å². The molecule has 146 valence electrons. The van der Waals surface area contributed by atoms with Crippen molar-refractivity contribution in [3.8, 4) is 11.5 Å². The van der Waals surface area contributed by atoms with E-state index in [0.29, 0.717) is 34.2 Å². The van der Waals surface area contributed by atoms with Crippen LogP contribution in [-0.4, -0.2) is 22.6 Å². The Bertz CT molecular complexity index is 1050. The van der Waals surface area contributed by atoms with Crippen LogP contribution >= 0.6 is 0 Å². The first-order valence-electron chi connectivity index (χ1n) is 8.39. The smallest absolute Gasteiger partial charge is 0.264 e. The minimum atomic E-state index is -3.88. The van der Waals surface area contributed by atoms with Crippen molar-refractivity contribution < 1.29 is 17.9 Å². The van der Waals surface area contributed by atoms with Crippen molar-refractivity contribution in [3.63, 3.8) is 0 Å². The summed E-state index contributed by atoms with van der Waals surface area (Å²) in [6, 6.07) is 18.4. The average Bonchev–Trinajstić information content (AvgIpc) is 2.70. The molecule has 8 heteroatoms. The fourth-order valence-electron chi connectivity index (χ4n) is 2.56. The van der Waals surface area contributed by atoms with Gasteiger partial charge in [-0.25, -0.2) is 8.42 Å². The van der Waals surface area contributed by atoms with Crippen molar-refractivity contribution in [2.45, 2.75) is 4.90 Å². The molecule has 0 saturated heterocycles. The summed E-state index contributed by atoms with van der Waals surface area (Å²) >= 11 is 0. The summed E-state index contributed by atoms with van der Waals surface area (Å²) in [6.45, 7) is 0. The van der Waals surface area contributed by atoms with Crippen LogP contribution in [0.3, 0.4) is 0 Å². The van der Waals surface area contributed by atoms with E-state index in [4.69, 9.17) is 15.2 Å². The van der Waals surface area contributed by atoms with Crippen molar-refractivity contribution in [3.05, 3.63) is 66.7 Å². The van der Waals surface area contributed by atoms with Gasteiger partial charge in [0.1, 0.15) is 16.4 Å². The number of nitrogens with two attached hydrogens (primary N) is 1. The average molecular weight is 399 g/mol. The predicted molar refractivity (Wildman–Crippen MR) is 111 cm³/mol. The first kappa shape index (κ1) is 19.4. The maximum atomic E-state index is 13.0. The zero-order chi connectivity index (χ0) is 20.1. The SMILES string of the molecule is COc1ccc(Nc2ccc(N)cc2S(=O)(=O)Nc2ccc(OC)cc2)cc1. The van der Waals surface area contributed by atoms with E-state index in [-0.39, 0.29) is 4.90 Å². The molecule has 0 radical (unpaired) electrons. The standard InChI is InChI=1S/C20H21N3O4S/c1-26-17-8-4-15(5-9-17)22-19-12-3-14(21)13-20(19)28(24,25)23-16-6-10-18(27-2)11-7-16/h3-13,22-23H,21H2,1-2H3. The third-order valence-electron chi connectivity index (χ3n) is 4.01. The van der Waals surface area contributed by atoms with Crippen LogP contribution in [0.4, 0.5) is 22.7 Å². The normalized spacial score (nSPS) is 10.9. The number of hydrogen-bond donors (Lipinski definition) is 3. The van der Waals surface area contributed by atoms with Crippen LogP contribution in [0, 0.1) is 0 Å². The molecule has 7 nitrogen and oxygen atoms in total. The highest BCUT2D eigenvalue weighted by atomic mass is 32.2. The molecular formula is C20H21N3O4S. The van der Waals surface area contributed by atoms with Gasteiger partial charge in [0.15, 0.2) is 0 Å². The summed E-state index contributed by atoms with van der Waals surface area (Å²) in [5.74, 6) is 1.34. The number of rotatable bonds is 7. The van der Waals surface area contributed by atoms with Gasteiger partial charge in [-0.05, 0) is 66.7 Å². The minimum Gasteiger partial charge on any atom is -0.497 e. The lowest BCUT2D eigenvalue weighted by Crippen LogP contribution is -2.15. The van der Waals surface area contributed by atoms with E-state index in [1.165, 1.54) is 6.07 Å². The molecular weight excluding hydrogens is 378 g/mol. The fraction of sp³-hybridized carbons (Fsp3) is 0.100. The van der Waals surface area contributed by atoms with Crippen LogP contribution in [0.2, 0.25) is 0 Å². The molecule has 0 aliphatic rings. The molecule has 3 aromatic carbocycles. The fourth-order valence-corrected chi connectivity index (χ4v) is 3.82. The number of sulfonamides is 1. The molecule has 0 amide bonds. The number of anilines is 4. The lowest BCUT2D eigenvalue weighted by atomic mass is 10.2. The molecule has 0 aliphatic carbocycles. The molecule has 0 spiro atoms. The Hall–Kier alpha value is -3.39. The molecule has 0 aliphatic heterocycles. The van der Waals surface area contributed by atoms with Gasteiger partial charge in [0.25, 0.3) is 10.0 Å². The molecule has 28 heavy (non-hydrogen) atoms. The van der Waals surface area contributed by atoms with Gasteiger partial charge in [0.05, 0.1) is 19.9 Å². The highest BCUT2D eigenvalue weighted by molar-refractivity contribution is 7.92. The molecule has 0 saturated carbocycles. The van der Waals surface area contributed by atoms with Crippen LogP contribution in [0.5, 0.6) is 11.5 Å². The lowest BCUT2D eigenvalue weighted by molar-refractivity contribution is 0.415. The summed E-state index contributed by atoms with van der Waals surface area (Å²) < 4.78 is 38.7. The monoisotopic (exact) mass is 399 g/mol. The Kier molecular flexibility index (Phi) is 5.60. The predicted octanol–water partition coefficient (Wildman–Crippen LogP) is 3.83. The van der Waals surface area contributed by atoms with E-state index >= 15 is 0 Å². The van der Waals surface area contributed by atoms with E-state index in [1.54, 1.807) is 74.9 Å². The lowest BCUT2D eigenvalue weighted by Gasteiger charge is -2.15. The molecule has 3 aromatic rings. The zero-order valence-corrected chi connectivity index (χ0v) is 16.3. The van der Waals surface area contributed by atoms with Crippen LogP contribution in [0.15, 0.2) is 71.6 Å². The van der Waals surface area contributed by atoms with Gasteiger partial charge in [-0.3, -0.25) is 4.72 Å². The Balaban J connectivity index is 1.91. The number of nitrogen functional groups attached to an aromatic ring is 1. The summed E-state index contributed by atoms with van der Waals surface area (Å²) in [6.07, 6.45) is 0. The quantitative estimate of drug-likeness (QED) is 0.522. The Labute approximate surface area is 164 Å². The molecule has 0 unspecified atom stereocenters. The van der Waals surface area contributed by atoms with Gasteiger partial charge in [0.2, 0.25) is 0 Å². The number of methoxy groups -OCH3 is 2. The van der Waals surface area contributed by atoms with Crippen molar-refractivity contribution in [2.75, 3.05) is 30.0 Å². The summed E-state index contributed by atoms with van der Waals surface area (Å²) in [5.41, 5.74) is 7.71. The highest BCUT2D eigenvalue weighted by Crippen LogP contribution is 2.29. The molecule has 3 rings (SSSR count). The van der Waals surface area contributed by atoms with E-state index in [1.807, 2.05) is 0 Å². The maximum absolute atomic E-state index is 13.0. The molecule has 0 aromatic heterocycles. The Morgan fingerprint density at radius 1 is 0.786 bits per heavy atom. The van der Waals surface area contributed by atoms with Gasteiger partial charge < -0.3 is 20.5 Å². The topological polar surface area (TPSA) is 103 Å². The molecule has 0 atom stereocenters. The van der Waals surface area contributed by atoms with Crippen molar-refractivity contribution in [2.24, 2.45) is 0 Å². The van der Waals surface area contributed by atoms with Crippen LogP contribution < -0.4 is 25.2 Å². The maximum Gasteiger partial charge on any atom is 0.264 e. The Morgan fingerprint density at radius 3 is 1.86 bits per heavy atom. The Morgan fingerprint density at radius 2 is 1.32 bits per heavy atom. The molecule has 4 N–H and O–H groups in total. The third kappa shape index (κ3) is 4.47. The van der Waals surface area contributed by atoms with Crippen LogP contribution in [-0.2, 0) is 10.0 Å². The highest BCUT2D eigenvalue weighted by Gasteiger charge is 2.20. The van der Waals surface area contributed by atoms with Gasteiger partial charge in [-0.1, -0.05) is 0 Å². The van der Waals surface area contributed by atoms with E-state index < -0.39 is 10.0 Å². The van der Waals surface area contributed by atoms with Crippen LogP contribution in [0.25, 0.3) is 0 Å². The first-order chi connectivity index (χ1) is 13.4. The number of hydrogen-bond acceptors (Lipinski definition) is 6. The summed E-state index contributed by atoms with van der Waals surface area (Å²) in [5, 5.41) is 3.11. The van der Waals surface area contributed by atoms with Gasteiger partial charge in [0, 0.05) is 17.1 Å². The van der Waals surface area contributed by atoms with Gasteiger partial charge in [-0.15, -0.1) is 0 Å². The first-order valence-corrected chi connectivity index (χ1v) is 9.87. The third-order valence-corrected chi connectivity index (χ3v) is 5.43. The summed E-state index contributed by atoms with van der Waals surface area (Å²) in [7, 11) is -0.751. The second kappa shape index (κ2) is 8.10. The second-order valence-corrected chi connectivity index (χ2v) is 7.59. The van der Waals surface area contributed by atoms with E-state index in [9.17, 15) is 8.42 Å². The number of nitrogens with one attached hydrogen (secondary N) is 2. The van der Waals surface area contributed by atoms with Crippen molar-refractivity contribution >= 4 is 32.8 Å². The zero-order valence-electron chi connectivity index (χ0n) is 15.5. The molecule has 0 heterocycles. The number of ether oxygens (including phenoxy) is 2. The van der Waals surface area contributed by atoms with Crippen molar-refractivity contribution in [1.82, 2.24) is 0 Å². The van der Waals surface area contributed by atoms with Gasteiger partial charge >= 0.3 is 0 Å². The number of benzene rings is 3. The van der Waals surface area contributed by atoms with Gasteiger partial charge in [-0.2, -0.15) is 0 Å². The van der Waals surface area contributed by atoms with Crippen molar-refractivity contribution in [1.29, 1.82) is 0 Å². The molecule has 0 fully saturated rings. The summed E-state index contributed by atoms with van der Waals surface area (Å²) in [4.78, 5) is 0.0409. The van der Waals surface area contributed by atoms with Crippen LogP contribution in [0.1, 0.15) is 0 Å². The van der Waals surface area contributed by atoms with E-state index in [2.05, 4.69) is 10.0 Å². The molecule has 0 bridgehead atoms.